The number of carbonyl (C=O) groups is 2. The summed E-state index contributed by atoms with van der Waals surface area (Å²) < 4.78 is 0. The maximum absolute atomic E-state index is 12.3. The Morgan fingerprint density at radius 3 is 2.19 bits per heavy atom. The molecule has 0 radical (unpaired) electrons. The number of benzene rings is 2. The van der Waals surface area contributed by atoms with Crippen molar-refractivity contribution in [1.29, 1.82) is 0 Å². The van der Waals surface area contributed by atoms with E-state index in [-0.39, 0.29) is 30.3 Å². The van der Waals surface area contributed by atoms with Crippen LogP contribution in [0.25, 0.3) is 0 Å². The van der Waals surface area contributed by atoms with Gasteiger partial charge in [0.2, 0.25) is 0 Å². The summed E-state index contributed by atoms with van der Waals surface area (Å²) in [6.07, 6.45) is 1.57. The highest BCUT2D eigenvalue weighted by Crippen LogP contribution is 2.11. The van der Waals surface area contributed by atoms with E-state index in [1.165, 1.54) is 0 Å². The van der Waals surface area contributed by atoms with Crippen molar-refractivity contribution < 1.29 is 19.8 Å². The average Bonchev–Trinajstić information content (AvgIpc) is 2.62. The number of hydrogen-bond acceptors (Lipinski definition) is 3. The predicted molar refractivity (Wildman–Crippen MR) is 104 cm³/mol. The number of phenols is 1. The minimum absolute atomic E-state index is 0.000836. The monoisotopic (exact) mass is 370 g/mol. The third-order valence-electron chi connectivity index (χ3n) is 4.22. The van der Waals surface area contributed by atoms with E-state index >= 15 is 0 Å². The maximum atomic E-state index is 12.3. The number of phenolic OH excluding ortho intramolecular Hbond substituents is 1. The molecule has 0 saturated heterocycles. The summed E-state index contributed by atoms with van der Waals surface area (Å²) in [5.41, 5.74) is 2.05. The number of carboxylic acid groups (broad SMARTS) is 1. The largest absolute Gasteiger partial charge is 0.508 e. The molecule has 2 aromatic carbocycles. The van der Waals surface area contributed by atoms with Crippen LogP contribution in [0.4, 0.5) is 4.79 Å². The molecular formula is C21H26N2O4. The third kappa shape index (κ3) is 7.81. The number of aromatic hydroxyl groups is 1. The molecule has 2 unspecified atom stereocenters. The molecule has 6 heteroatoms. The van der Waals surface area contributed by atoms with E-state index in [4.69, 9.17) is 5.11 Å². The summed E-state index contributed by atoms with van der Waals surface area (Å²) in [6, 6.07) is 15.9. The predicted octanol–water partition coefficient (Wildman–Crippen LogP) is 3.10. The van der Waals surface area contributed by atoms with E-state index < -0.39 is 5.97 Å². The molecule has 144 valence electrons. The fourth-order valence-corrected chi connectivity index (χ4v) is 2.91. The van der Waals surface area contributed by atoms with E-state index in [1.54, 1.807) is 12.1 Å². The molecule has 27 heavy (non-hydrogen) atoms. The number of hydrogen-bond donors (Lipinski definition) is 4. The van der Waals surface area contributed by atoms with Crippen LogP contribution in [0.2, 0.25) is 0 Å². The van der Waals surface area contributed by atoms with Gasteiger partial charge in [-0.25, -0.2) is 4.79 Å². The lowest BCUT2D eigenvalue weighted by atomic mass is 10.0. The number of aliphatic carboxylic acids is 1. The standard InChI is InChI=1S/C21H26N2O4/c1-15(13-17-7-10-19(24)11-8-17)22-21(27)23-18(9-12-20(25)26)14-16-5-3-2-4-6-16/h2-8,10-11,15,18,24H,9,12-14H2,1H3,(H,25,26)(H2,22,23,27). The van der Waals surface area contributed by atoms with Gasteiger partial charge < -0.3 is 20.8 Å². The van der Waals surface area contributed by atoms with Crippen molar-refractivity contribution >= 4 is 12.0 Å². The van der Waals surface area contributed by atoms with Crippen molar-refractivity contribution in [2.24, 2.45) is 0 Å². The molecule has 6 nitrogen and oxygen atoms in total. The minimum atomic E-state index is -0.879. The first-order valence-electron chi connectivity index (χ1n) is 9.03. The Morgan fingerprint density at radius 1 is 0.926 bits per heavy atom. The van der Waals surface area contributed by atoms with Gasteiger partial charge in [0.25, 0.3) is 0 Å². The first kappa shape index (κ1) is 20.3. The molecular weight excluding hydrogens is 344 g/mol. The molecule has 0 heterocycles. The summed E-state index contributed by atoms with van der Waals surface area (Å²) >= 11 is 0. The van der Waals surface area contributed by atoms with Crippen molar-refractivity contribution in [3.05, 3.63) is 65.7 Å². The average molecular weight is 370 g/mol. The second-order valence-electron chi connectivity index (χ2n) is 6.71. The first-order chi connectivity index (χ1) is 12.9. The lowest BCUT2D eigenvalue weighted by Gasteiger charge is -2.21. The molecule has 0 saturated carbocycles. The van der Waals surface area contributed by atoms with Gasteiger partial charge >= 0.3 is 12.0 Å². The number of nitrogens with one attached hydrogen (secondary N) is 2. The lowest BCUT2D eigenvalue weighted by Crippen LogP contribution is -2.46. The first-order valence-corrected chi connectivity index (χ1v) is 9.03. The summed E-state index contributed by atoms with van der Waals surface area (Å²) in [6.45, 7) is 1.90. The van der Waals surface area contributed by atoms with Gasteiger partial charge in [-0.2, -0.15) is 0 Å². The second-order valence-corrected chi connectivity index (χ2v) is 6.71. The zero-order valence-electron chi connectivity index (χ0n) is 15.4. The molecule has 0 aliphatic rings. The van der Waals surface area contributed by atoms with Gasteiger partial charge in [-0.1, -0.05) is 42.5 Å². The molecule has 0 bridgehead atoms. The van der Waals surface area contributed by atoms with E-state index in [0.29, 0.717) is 19.3 Å². The summed E-state index contributed by atoms with van der Waals surface area (Å²) in [4.78, 5) is 23.2. The molecule has 0 aliphatic carbocycles. The number of amides is 2. The zero-order chi connectivity index (χ0) is 19.6. The van der Waals surface area contributed by atoms with Gasteiger partial charge in [-0.15, -0.1) is 0 Å². The molecule has 0 spiro atoms. The molecule has 0 aliphatic heterocycles. The van der Waals surface area contributed by atoms with Gasteiger partial charge in [-0.3, -0.25) is 4.79 Å². The topological polar surface area (TPSA) is 98.7 Å². The Labute approximate surface area is 159 Å². The van der Waals surface area contributed by atoms with Gasteiger partial charge in [-0.05, 0) is 49.4 Å². The second kappa shape index (κ2) is 10.2. The van der Waals surface area contributed by atoms with Gasteiger partial charge in [0.05, 0.1) is 0 Å². The zero-order valence-corrected chi connectivity index (χ0v) is 15.4. The molecule has 0 fully saturated rings. The smallest absolute Gasteiger partial charge is 0.315 e. The lowest BCUT2D eigenvalue weighted by molar-refractivity contribution is -0.137. The van der Waals surface area contributed by atoms with Crippen molar-refractivity contribution in [1.82, 2.24) is 10.6 Å². The van der Waals surface area contributed by atoms with Gasteiger partial charge in [0.15, 0.2) is 0 Å². The maximum Gasteiger partial charge on any atom is 0.315 e. The molecule has 4 N–H and O–H groups in total. The summed E-state index contributed by atoms with van der Waals surface area (Å²) in [5.74, 6) is -0.671. The van der Waals surface area contributed by atoms with Gasteiger partial charge in [0, 0.05) is 18.5 Å². The molecule has 2 aromatic rings. The number of carbonyl (C=O) groups excluding carboxylic acids is 1. The molecule has 0 aromatic heterocycles. The molecule has 2 amide bonds. The Kier molecular flexibility index (Phi) is 7.67. The Bertz CT molecular complexity index is 732. The Hall–Kier alpha value is -3.02. The van der Waals surface area contributed by atoms with Crippen LogP contribution in [0.1, 0.15) is 30.9 Å². The summed E-state index contributed by atoms with van der Waals surface area (Å²) in [7, 11) is 0. The van der Waals surface area contributed by atoms with Crippen LogP contribution in [-0.4, -0.2) is 34.3 Å². The van der Waals surface area contributed by atoms with Crippen LogP contribution < -0.4 is 10.6 Å². The highest BCUT2D eigenvalue weighted by Gasteiger charge is 2.16. The van der Waals surface area contributed by atoms with Gasteiger partial charge in [0.1, 0.15) is 5.75 Å². The van der Waals surface area contributed by atoms with Crippen LogP contribution in [0.15, 0.2) is 54.6 Å². The van der Waals surface area contributed by atoms with E-state index in [2.05, 4.69) is 10.6 Å². The van der Waals surface area contributed by atoms with Crippen molar-refractivity contribution in [2.45, 2.75) is 44.7 Å². The number of carboxylic acids is 1. The highest BCUT2D eigenvalue weighted by atomic mass is 16.4. The molecule has 2 rings (SSSR count). The summed E-state index contributed by atoms with van der Waals surface area (Å²) in [5, 5.41) is 24.1. The van der Waals surface area contributed by atoms with E-state index in [1.807, 2.05) is 49.4 Å². The van der Waals surface area contributed by atoms with Crippen molar-refractivity contribution in [3.63, 3.8) is 0 Å². The van der Waals surface area contributed by atoms with Crippen LogP contribution >= 0.6 is 0 Å². The van der Waals surface area contributed by atoms with Crippen LogP contribution in [0.3, 0.4) is 0 Å². The highest BCUT2D eigenvalue weighted by molar-refractivity contribution is 5.74. The minimum Gasteiger partial charge on any atom is -0.508 e. The van der Waals surface area contributed by atoms with Crippen LogP contribution in [-0.2, 0) is 17.6 Å². The third-order valence-corrected chi connectivity index (χ3v) is 4.22. The number of urea groups is 1. The van der Waals surface area contributed by atoms with Crippen LogP contribution in [0, 0.1) is 0 Å². The molecule has 2 atom stereocenters. The Morgan fingerprint density at radius 2 is 1.56 bits per heavy atom. The van der Waals surface area contributed by atoms with Crippen LogP contribution in [0.5, 0.6) is 5.75 Å². The van der Waals surface area contributed by atoms with Crippen molar-refractivity contribution in [2.75, 3.05) is 0 Å². The fourth-order valence-electron chi connectivity index (χ4n) is 2.91. The van der Waals surface area contributed by atoms with E-state index in [0.717, 1.165) is 11.1 Å². The quantitative estimate of drug-likeness (QED) is 0.545. The van der Waals surface area contributed by atoms with Crippen molar-refractivity contribution in [3.8, 4) is 5.75 Å². The normalized spacial score (nSPS) is 12.8. The fraction of sp³-hybridized carbons (Fsp3) is 0.333. The number of rotatable bonds is 9. The van der Waals surface area contributed by atoms with E-state index in [9.17, 15) is 14.7 Å². The SMILES string of the molecule is CC(Cc1ccc(O)cc1)NC(=O)NC(CCC(=O)O)Cc1ccccc1. The Balaban J connectivity index is 1.89.